The molecule has 3 aromatic rings. The third-order valence-electron chi connectivity index (χ3n) is 5.76. The number of nitrogens with zero attached hydrogens (tertiary/aromatic N) is 4. The summed E-state index contributed by atoms with van der Waals surface area (Å²) < 4.78 is 34.1. The number of halogens is 1. The third-order valence-corrected chi connectivity index (χ3v) is 10.5. The van der Waals surface area contributed by atoms with Gasteiger partial charge in [-0.3, -0.25) is 9.69 Å². The van der Waals surface area contributed by atoms with Gasteiger partial charge in [0.25, 0.3) is 10.0 Å². The van der Waals surface area contributed by atoms with E-state index < -0.39 is 15.9 Å². The Labute approximate surface area is 212 Å². The van der Waals surface area contributed by atoms with Gasteiger partial charge in [-0.15, -0.1) is 11.3 Å². The minimum absolute atomic E-state index is 0.123. The van der Waals surface area contributed by atoms with Crippen molar-refractivity contribution in [3.63, 3.8) is 0 Å². The van der Waals surface area contributed by atoms with Crippen molar-refractivity contribution in [2.24, 2.45) is 5.92 Å². The predicted octanol–water partition coefficient (Wildman–Crippen LogP) is 4.02. The number of sulfonamides is 1. The van der Waals surface area contributed by atoms with Gasteiger partial charge >= 0.3 is 0 Å². The maximum Gasteiger partial charge on any atom is 0.252 e. The lowest BCUT2D eigenvalue weighted by molar-refractivity contribution is -0.123. The normalized spacial score (nSPS) is 17.4. The molecule has 8 nitrogen and oxygen atoms in total. The monoisotopic (exact) mass is 542 g/mol. The Balaban J connectivity index is 1.64. The lowest BCUT2D eigenvalue weighted by atomic mass is 9.98. The molecule has 1 atom stereocenters. The van der Waals surface area contributed by atoms with Crippen LogP contribution in [0.2, 0.25) is 5.02 Å². The number of amides is 1. The summed E-state index contributed by atoms with van der Waals surface area (Å²) in [6.07, 6.45) is 1.25. The molecule has 2 aromatic heterocycles. The number of benzene rings is 1. The summed E-state index contributed by atoms with van der Waals surface area (Å²) in [5, 5.41) is 2.83. The van der Waals surface area contributed by atoms with Crippen LogP contribution >= 0.6 is 34.3 Å². The number of fused-ring (bicyclic) bond motifs is 1. The fourth-order valence-corrected chi connectivity index (χ4v) is 7.90. The minimum Gasteiger partial charge on any atom is -0.494 e. The first-order valence-corrected chi connectivity index (χ1v) is 14.4. The maximum atomic E-state index is 13.8. The van der Waals surface area contributed by atoms with Gasteiger partial charge in [-0.2, -0.15) is 4.31 Å². The quantitative estimate of drug-likeness (QED) is 0.427. The summed E-state index contributed by atoms with van der Waals surface area (Å²) >= 11 is 8.94. The number of likely N-dealkylation sites (N-methyl/N-ethyl adjacent to an activating group) is 1. The fraction of sp³-hybridized carbons (Fsp3) is 0.455. The van der Waals surface area contributed by atoms with Gasteiger partial charge in [-0.1, -0.05) is 29.0 Å². The zero-order valence-electron chi connectivity index (χ0n) is 19.2. The molecule has 1 amide bonds. The molecule has 1 saturated heterocycles. The standard InChI is InChI=1S/C22H27ClN4O4S3/c1-25(2)11-12-27(22-24-19-17(31-3)9-8-16(23)20(19)33-22)21(28)15-6-4-10-26(14-15)34(29,30)18-7-5-13-32-18/h5,7-9,13,15H,4,6,10-12,14H2,1-3H3. The van der Waals surface area contributed by atoms with Crippen molar-refractivity contribution < 1.29 is 17.9 Å². The van der Waals surface area contributed by atoms with Crippen molar-refractivity contribution in [3.8, 4) is 5.75 Å². The van der Waals surface area contributed by atoms with Crippen molar-refractivity contribution in [1.82, 2.24) is 14.2 Å². The van der Waals surface area contributed by atoms with Crippen LogP contribution in [0, 0.1) is 5.92 Å². The van der Waals surface area contributed by atoms with Gasteiger partial charge in [0.1, 0.15) is 15.5 Å². The van der Waals surface area contributed by atoms with Crippen LogP contribution < -0.4 is 9.64 Å². The van der Waals surface area contributed by atoms with Crippen LogP contribution in [0.5, 0.6) is 5.75 Å². The highest BCUT2D eigenvalue weighted by molar-refractivity contribution is 7.91. The van der Waals surface area contributed by atoms with Crippen LogP contribution in [0.3, 0.4) is 0 Å². The Morgan fingerprint density at radius 2 is 2.09 bits per heavy atom. The van der Waals surface area contributed by atoms with Gasteiger partial charge in [0.15, 0.2) is 5.13 Å². The number of hydrogen-bond donors (Lipinski definition) is 0. The molecule has 34 heavy (non-hydrogen) atoms. The van der Waals surface area contributed by atoms with E-state index in [1.54, 1.807) is 41.7 Å². The van der Waals surface area contributed by atoms with Crippen molar-refractivity contribution in [3.05, 3.63) is 34.7 Å². The van der Waals surface area contributed by atoms with Gasteiger partial charge < -0.3 is 9.64 Å². The molecule has 0 spiro atoms. The fourth-order valence-electron chi connectivity index (χ4n) is 3.94. The Kier molecular flexibility index (Phi) is 7.80. The molecule has 0 radical (unpaired) electrons. The minimum atomic E-state index is -3.61. The zero-order valence-corrected chi connectivity index (χ0v) is 22.4. The lowest BCUT2D eigenvalue weighted by Gasteiger charge is -2.33. The van der Waals surface area contributed by atoms with Crippen molar-refractivity contribution >= 4 is 65.6 Å². The van der Waals surface area contributed by atoms with Crippen LogP contribution in [0.15, 0.2) is 33.9 Å². The first kappa shape index (κ1) is 25.3. The molecule has 3 heterocycles. The van der Waals surface area contributed by atoms with Crippen molar-refractivity contribution in [2.75, 3.05) is 52.3 Å². The summed E-state index contributed by atoms with van der Waals surface area (Å²) in [6, 6.07) is 6.84. The number of carbonyl (C=O) groups excluding carboxylic acids is 1. The number of carbonyl (C=O) groups is 1. The van der Waals surface area contributed by atoms with E-state index in [0.717, 1.165) is 4.70 Å². The van der Waals surface area contributed by atoms with Crippen molar-refractivity contribution in [1.29, 1.82) is 0 Å². The average molecular weight is 543 g/mol. The van der Waals surface area contributed by atoms with E-state index in [1.165, 1.54) is 27.0 Å². The highest BCUT2D eigenvalue weighted by atomic mass is 35.5. The van der Waals surface area contributed by atoms with Crippen LogP contribution in [0.1, 0.15) is 12.8 Å². The van der Waals surface area contributed by atoms with Crippen molar-refractivity contribution in [2.45, 2.75) is 17.1 Å². The summed E-state index contributed by atoms with van der Waals surface area (Å²) in [5.41, 5.74) is 0.614. The van der Waals surface area contributed by atoms with E-state index in [0.29, 0.717) is 58.1 Å². The van der Waals surface area contributed by atoms with E-state index >= 15 is 0 Å². The molecule has 4 rings (SSSR count). The lowest BCUT2D eigenvalue weighted by Crippen LogP contribution is -2.48. The number of rotatable bonds is 8. The number of methoxy groups -OCH3 is 1. The van der Waals surface area contributed by atoms with E-state index in [-0.39, 0.29) is 12.5 Å². The highest BCUT2D eigenvalue weighted by Gasteiger charge is 2.36. The van der Waals surface area contributed by atoms with Gasteiger partial charge in [0.05, 0.1) is 22.8 Å². The summed E-state index contributed by atoms with van der Waals surface area (Å²) in [7, 11) is 1.84. The highest BCUT2D eigenvalue weighted by Crippen LogP contribution is 2.39. The first-order chi connectivity index (χ1) is 16.2. The number of thiazole rings is 1. The Morgan fingerprint density at radius 1 is 1.29 bits per heavy atom. The Bertz CT molecular complexity index is 1260. The van der Waals surface area contributed by atoms with E-state index in [9.17, 15) is 13.2 Å². The number of ether oxygens (including phenoxy) is 1. The zero-order chi connectivity index (χ0) is 24.5. The van der Waals surface area contributed by atoms with Crippen LogP contribution in [0.25, 0.3) is 10.2 Å². The molecule has 0 saturated carbocycles. The molecule has 1 aromatic carbocycles. The largest absolute Gasteiger partial charge is 0.494 e. The van der Waals surface area contributed by atoms with Gasteiger partial charge in [-0.25, -0.2) is 13.4 Å². The molecule has 12 heteroatoms. The van der Waals surface area contributed by atoms with Crippen LogP contribution in [0.4, 0.5) is 5.13 Å². The number of piperidine rings is 1. The number of anilines is 1. The van der Waals surface area contributed by atoms with E-state index in [1.807, 2.05) is 19.0 Å². The molecular formula is C22H27ClN4O4S3. The first-order valence-electron chi connectivity index (χ1n) is 10.8. The van der Waals surface area contributed by atoms with E-state index in [2.05, 4.69) is 0 Å². The summed E-state index contributed by atoms with van der Waals surface area (Å²) in [5.74, 6) is 0.0184. The molecular weight excluding hydrogens is 516 g/mol. The molecule has 1 aliphatic rings. The maximum absolute atomic E-state index is 13.8. The number of hydrogen-bond acceptors (Lipinski definition) is 8. The second-order valence-electron chi connectivity index (χ2n) is 8.35. The van der Waals surface area contributed by atoms with Gasteiger partial charge in [0, 0.05) is 26.2 Å². The Morgan fingerprint density at radius 3 is 2.76 bits per heavy atom. The second-order valence-corrected chi connectivity index (χ2v) is 12.8. The molecule has 0 N–H and O–H groups in total. The molecule has 0 aliphatic carbocycles. The smallest absolute Gasteiger partial charge is 0.252 e. The van der Waals surface area contributed by atoms with Gasteiger partial charge in [-0.05, 0) is 50.5 Å². The molecule has 1 fully saturated rings. The predicted molar refractivity (Wildman–Crippen MR) is 138 cm³/mol. The topological polar surface area (TPSA) is 83.0 Å². The number of thiophene rings is 1. The third kappa shape index (κ3) is 5.09. The Hall–Kier alpha value is -1.76. The van der Waals surface area contributed by atoms with Crippen LogP contribution in [-0.4, -0.2) is 75.9 Å². The SMILES string of the molecule is COc1ccc(Cl)c2sc(N(CCN(C)C)C(=O)C3CCCN(S(=O)(=O)c4cccs4)C3)nc12. The molecule has 1 aliphatic heterocycles. The van der Waals surface area contributed by atoms with Crippen LogP contribution in [-0.2, 0) is 14.8 Å². The second kappa shape index (κ2) is 10.5. The molecule has 1 unspecified atom stereocenters. The summed E-state index contributed by atoms with van der Waals surface area (Å²) in [6.45, 7) is 1.64. The molecule has 184 valence electrons. The van der Waals surface area contributed by atoms with Gasteiger partial charge in [0.2, 0.25) is 5.91 Å². The molecule has 0 bridgehead atoms. The number of aromatic nitrogens is 1. The van der Waals surface area contributed by atoms with E-state index in [4.69, 9.17) is 21.3 Å². The summed E-state index contributed by atoms with van der Waals surface area (Å²) in [4.78, 5) is 22.2. The average Bonchev–Trinajstić information content (AvgIpc) is 3.51.